The van der Waals surface area contributed by atoms with Gasteiger partial charge >= 0.3 is 0 Å². The number of amides is 2. The average molecular weight is 1140 g/mol. The number of imidazole rings is 1. The Kier molecular flexibility index (Phi) is 25.1. The molecular formula is C63H84F2N12O4S. The second-order valence-electron chi connectivity index (χ2n) is 21.6. The van der Waals surface area contributed by atoms with Gasteiger partial charge in [-0.1, -0.05) is 88.8 Å². The maximum absolute atomic E-state index is 14.6. The van der Waals surface area contributed by atoms with Crippen molar-refractivity contribution >= 4 is 80.6 Å². The summed E-state index contributed by atoms with van der Waals surface area (Å²) in [6.45, 7) is 17.1. The smallest absolute Gasteiger partial charge is 0.239 e. The minimum atomic E-state index is -0.365. The first-order valence-corrected chi connectivity index (χ1v) is 27.0. The highest BCUT2D eigenvalue weighted by molar-refractivity contribution is 7.78. The number of hydrogen-bond acceptors (Lipinski definition) is 14. The van der Waals surface area contributed by atoms with Gasteiger partial charge in [-0.15, -0.1) is 0 Å². The minimum absolute atomic E-state index is 0. The molecule has 2 saturated heterocycles. The number of aryl methyl sites for hydroxylation is 1. The summed E-state index contributed by atoms with van der Waals surface area (Å²) in [5.74, 6) is 2.95. The molecule has 5 heterocycles. The van der Waals surface area contributed by atoms with E-state index >= 15 is 0 Å². The molecule has 0 aliphatic carbocycles. The van der Waals surface area contributed by atoms with E-state index in [2.05, 4.69) is 110 Å². The molecule has 2 aliphatic heterocycles. The summed E-state index contributed by atoms with van der Waals surface area (Å²) in [6, 6.07) is 27.9. The Labute approximate surface area is 489 Å². The van der Waals surface area contributed by atoms with Crippen molar-refractivity contribution in [2.24, 2.45) is 12.0 Å². The van der Waals surface area contributed by atoms with Gasteiger partial charge < -0.3 is 41.0 Å². The number of nitrogen functional groups attached to an aromatic ring is 1. The third-order valence-corrected chi connectivity index (χ3v) is 13.4. The van der Waals surface area contributed by atoms with Crippen molar-refractivity contribution in [1.29, 1.82) is 0 Å². The van der Waals surface area contributed by atoms with E-state index < -0.39 is 0 Å². The van der Waals surface area contributed by atoms with Crippen LogP contribution < -0.4 is 36.5 Å². The largest absolute Gasteiger partial charge is 0.457 e. The number of nitrogens with zero attached hydrogens (tertiary/aromatic N) is 7. The molecule has 0 saturated carbocycles. The number of carbonyl (C=O) groups is 2. The Hall–Kier alpha value is -7.83. The Bertz CT molecular complexity index is 3270. The average Bonchev–Trinajstić information content (AvgIpc) is 3.97. The van der Waals surface area contributed by atoms with E-state index in [1.54, 1.807) is 54.9 Å². The number of pyridine rings is 2. The Morgan fingerprint density at radius 2 is 1.13 bits per heavy atom. The lowest BCUT2D eigenvalue weighted by Gasteiger charge is -2.25. The number of piperidine rings is 2. The highest BCUT2D eigenvalue weighted by atomic mass is 32.1. The SMILES string of the molecule is C.C.C.CC(C)(C)c1ccc(F)c(N=C=S)c1.CNc1ccc(Oc2ccnc(NC(=O)CN3CCCCC3)c2)cc1N.Cn1c(Nc2cc(C(C)(C)C)ccc2F)nc2cc(Oc3ccnc(NC(=O)CN4CCCCC4)c3)ccc21. The van der Waals surface area contributed by atoms with Gasteiger partial charge in [0.15, 0.2) is 0 Å². The van der Waals surface area contributed by atoms with E-state index in [9.17, 15) is 18.4 Å². The number of nitrogens with one attached hydrogen (secondary N) is 4. The van der Waals surface area contributed by atoms with E-state index in [1.165, 1.54) is 25.0 Å². The predicted octanol–water partition coefficient (Wildman–Crippen LogP) is 15.1. The van der Waals surface area contributed by atoms with Crippen LogP contribution in [0.15, 0.2) is 114 Å². The lowest BCUT2D eigenvalue weighted by molar-refractivity contribution is -0.118. The van der Waals surface area contributed by atoms with Crippen LogP contribution >= 0.6 is 12.2 Å². The fourth-order valence-corrected chi connectivity index (χ4v) is 8.97. The fourth-order valence-electron chi connectivity index (χ4n) is 8.87. The summed E-state index contributed by atoms with van der Waals surface area (Å²) in [5, 5.41) is 14.0. The molecule has 6 N–H and O–H groups in total. The zero-order valence-electron chi connectivity index (χ0n) is 46.4. The van der Waals surface area contributed by atoms with Gasteiger partial charge in [0.1, 0.15) is 52.0 Å². The highest BCUT2D eigenvalue weighted by Gasteiger charge is 2.20. The number of fused-ring (bicyclic) bond motifs is 1. The summed E-state index contributed by atoms with van der Waals surface area (Å²) in [7, 11) is 3.69. The van der Waals surface area contributed by atoms with Crippen molar-refractivity contribution in [2.75, 3.05) is 73.3 Å². The van der Waals surface area contributed by atoms with Crippen LogP contribution in [0, 0.1) is 11.6 Å². The first-order chi connectivity index (χ1) is 37.7. The first kappa shape index (κ1) is 66.7. The maximum atomic E-state index is 14.6. The molecule has 19 heteroatoms. The van der Waals surface area contributed by atoms with Gasteiger partial charge in [0.25, 0.3) is 0 Å². The van der Waals surface area contributed by atoms with Crippen LogP contribution in [0.1, 0.15) is 113 Å². The molecular weight excluding hydrogens is 1060 g/mol. The monoisotopic (exact) mass is 1140 g/mol. The number of carbonyl (C=O) groups excluding carboxylic acids is 2. The number of halogens is 2. The second-order valence-corrected chi connectivity index (χ2v) is 21.7. The van der Waals surface area contributed by atoms with Crippen molar-refractivity contribution in [3.8, 4) is 23.0 Å². The van der Waals surface area contributed by atoms with Crippen LogP contribution in [0.2, 0.25) is 0 Å². The van der Waals surface area contributed by atoms with Crippen LogP contribution in [-0.2, 0) is 27.5 Å². The number of nitrogens with two attached hydrogens (primary N) is 1. The van der Waals surface area contributed by atoms with Crippen molar-refractivity contribution in [2.45, 2.75) is 113 Å². The molecule has 9 rings (SSSR count). The van der Waals surface area contributed by atoms with E-state index in [0.29, 0.717) is 70.6 Å². The molecule has 16 nitrogen and oxygen atoms in total. The van der Waals surface area contributed by atoms with Crippen LogP contribution in [0.3, 0.4) is 0 Å². The Morgan fingerprint density at radius 1 is 0.646 bits per heavy atom. The summed E-state index contributed by atoms with van der Waals surface area (Å²) < 4.78 is 41.5. The fraction of sp³-hybridized carbons (Fsp3) is 0.397. The van der Waals surface area contributed by atoms with E-state index in [0.717, 1.165) is 74.2 Å². The summed E-state index contributed by atoms with van der Waals surface area (Å²) in [4.78, 5) is 45.8. The summed E-state index contributed by atoms with van der Waals surface area (Å²) in [5.41, 5.74) is 11.6. The van der Waals surface area contributed by atoms with Gasteiger partial charge in [-0.25, -0.2) is 23.7 Å². The van der Waals surface area contributed by atoms with Gasteiger partial charge in [-0.2, -0.15) is 4.99 Å². The number of aromatic nitrogens is 4. The number of anilines is 6. The highest BCUT2D eigenvalue weighted by Crippen LogP contribution is 2.33. The van der Waals surface area contributed by atoms with E-state index in [4.69, 9.17) is 15.2 Å². The molecule has 0 unspecified atom stereocenters. The quantitative estimate of drug-likeness (QED) is 0.0393. The molecule has 0 radical (unpaired) electrons. The lowest BCUT2D eigenvalue weighted by atomic mass is 9.87. The Balaban J connectivity index is 0.000000290. The number of thiocarbonyl (C=S) groups is 1. The number of hydrogen-bond donors (Lipinski definition) is 5. The zero-order chi connectivity index (χ0) is 56.7. The molecule has 0 spiro atoms. The van der Waals surface area contributed by atoms with E-state index in [1.807, 2.05) is 61.1 Å². The Morgan fingerprint density at radius 3 is 1.63 bits per heavy atom. The number of aliphatic imine (C=N–C) groups is 1. The number of rotatable bonds is 14. The molecule has 2 fully saturated rings. The minimum Gasteiger partial charge on any atom is -0.457 e. The van der Waals surface area contributed by atoms with Gasteiger partial charge in [0.2, 0.25) is 17.8 Å². The number of likely N-dealkylation sites (tertiary alicyclic amines) is 2. The molecule has 0 bridgehead atoms. The molecule has 440 valence electrons. The van der Waals surface area contributed by atoms with Crippen LogP contribution in [0.25, 0.3) is 11.0 Å². The predicted molar refractivity (Wildman–Crippen MR) is 336 cm³/mol. The van der Waals surface area contributed by atoms with Crippen LogP contribution in [0.5, 0.6) is 23.0 Å². The summed E-state index contributed by atoms with van der Waals surface area (Å²) in [6.07, 6.45) is 10.3. The normalized spacial score (nSPS) is 13.3. The molecule has 2 aliphatic rings. The van der Waals surface area contributed by atoms with Crippen molar-refractivity contribution in [3.05, 3.63) is 132 Å². The maximum Gasteiger partial charge on any atom is 0.239 e. The number of benzene rings is 4. The van der Waals surface area contributed by atoms with Crippen LogP contribution in [0.4, 0.5) is 49.1 Å². The lowest BCUT2D eigenvalue weighted by Crippen LogP contribution is -2.36. The van der Waals surface area contributed by atoms with Gasteiger partial charge in [-0.05, 0) is 147 Å². The third kappa shape index (κ3) is 19.4. The topological polar surface area (TPSA) is 189 Å². The first-order valence-electron chi connectivity index (χ1n) is 26.6. The van der Waals surface area contributed by atoms with Gasteiger partial charge in [-0.3, -0.25) is 19.4 Å². The number of isothiocyanates is 1. The molecule has 0 atom stereocenters. The van der Waals surface area contributed by atoms with Crippen molar-refractivity contribution < 1.29 is 27.8 Å². The summed E-state index contributed by atoms with van der Waals surface area (Å²) >= 11 is 4.45. The molecule has 82 heavy (non-hydrogen) atoms. The zero-order valence-corrected chi connectivity index (χ0v) is 47.2. The van der Waals surface area contributed by atoms with Crippen molar-refractivity contribution in [3.63, 3.8) is 0 Å². The van der Waals surface area contributed by atoms with Gasteiger partial charge in [0, 0.05) is 50.8 Å². The third-order valence-electron chi connectivity index (χ3n) is 13.3. The molecule has 2 amide bonds. The van der Waals surface area contributed by atoms with E-state index in [-0.39, 0.29) is 62.2 Å². The molecule has 7 aromatic rings. The van der Waals surface area contributed by atoms with Gasteiger partial charge in [0.05, 0.1) is 46.3 Å². The second kappa shape index (κ2) is 30.8. The molecule has 3 aromatic heterocycles. The molecule has 4 aromatic carbocycles. The van der Waals surface area contributed by atoms with Crippen LogP contribution in [-0.4, -0.2) is 92.6 Å². The number of ether oxygens (including phenoxy) is 2. The standard InChI is InChI=1S/C30H35FN6O2.C19H25N5O2.C11H12FNS.3CH4/c1-30(2,3)20-8-10-23(31)24(16-20)33-29-34-25-17-21(9-11-26(25)36(29)4)39-22-12-13-32-27(18-22)35-28(38)19-37-14-6-5-7-15-37;1-21-17-6-5-14(11-16(17)20)26-15-7-8-22-18(12-15)23-19(25)13-24-9-3-2-4-10-24;1-11(2,3)8-4-5-9(12)10(6-8)13-7-14;;;/h8-13,16-18H,5-7,14-15,19H2,1-4H3,(H,33,34)(H,32,35,38);5-8,11-12,21H,2-4,9-10,13,20H2,1H3,(H,22,23,25);4-6H,1-3H3;3*1H4. The van der Waals surface area contributed by atoms with Crippen molar-refractivity contribution in [1.82, 2.24) is 29.3 Å².